The summed E-state index contributed by atoms with van der Waals surface area (Å²) in [5.41, 5.74) is 3.01. The summed E-state index contributed by atoms with van der Waals surface area (Å²) in [6.45, 7) is 5.08. The number of anilines is 1. The minimum absolute atomic E-state index is 0.304. The van der Waals surface area contributed by atoms with Crippen molar-refractivity contribution in [3.63, 3.8) is 0 Å². The Kier molecular flexibility index (Phi) is 4.88. The second kappa shape index (κ2) is 7.26. The van der Waals surface area contributed by atoms with Crippen LogP contribution >= 0.6 is 0 Å². The Morgan fingerprint density at radius 3 is 2.54 bits per heavy atom. The first-order valence-electron chi connectivity index (χ1n) is 8.09. The minimum Gasteiger partial charge on any atom is -0.469 e. The van der Waals surface area contributed by atoms with Gasteiger partial charge in [0.05, 0.1) is 17.6 Å². The molecule has 26 heavy (non-hydrogen) atoms. The van der Waals surface area contributed by atoms with Crippen LogP contribution in [0.4, 0.5) is 5.82 Å². The predicted octanol–water partition coefficient (Wildman–Crippen LogP) is 3.19. The molecule has 7 nitrogen and oxygen atoms in total. The van der Waals surface area contributed by atoms with Gasteiger partial charge in [-0.2, -0.15) is 5.10 Å². The summed E-state index contributed by atoms with van der Waals surface area (Å²) in [4.78, 5) is 24.1. The number of aryl methyl sites for hydroxylation is 3. The first-order chi connectivity index (χ1) is 12.4. The number of rotatable bonds is 5. The molecule has 1 aromatic carbocycles. The van der Waals surface area contributed by atoms with E-state index in [1.165, 1.54) is 12.3 Å². The molecular weight excluding hydrogens is 334 g/mol. The SMILES string of the molecule is Cc1ccc(-n2nc(C)cc2NC(=O)COC(=O)c2ccoc2C)cc1. The highest BCUT2D eigenvalue weighted by Crippen LogP contribution is 2.18. The van der Waals surface area contributed by atoms with Gasteiger partial charge in [-0.25, -0.2) is 9.48 Å². The lowest BCUT2D eigenvalue weighted by atomic mass is 10.2. The molecule has 0 spiro atoms. The maximum absolute atomic E-state index is 12.2. The van der Waals surface area contributed by atoms with Gasteiger partial charge in [0.2, 0.25) is 0 Å². The summed E-state index contributed by atoms with van der Waals surface area (Å²) in [5, 5.41) is 7.11. The molecule has 3 rings (SSSR count). The van der Waals surface area contributed by atoms with Crippen molar-refractivity contribution in [3.05, 3.63) is 65.2 Å². The van der Waals surface area contributed by atoms with Crippen molar-refractivity contribution < 1.29 is 18.7 Å². The number of carbonyl (C=O) groups is 2. The number of benzene rings is 1. The van der Waals surface area contributed by atoms with E-state index in [0.29, 0.717) is 17.1 Å². The fourth-order valence-electron chi connectivity index (χ4n) is 2.46. The highest BCUT2D eigenvalue weighted by Gasteiger charge is 2.16. The van der Waals surface area contributed by atoms with Gasteiger partial charge in [-0.3, -0.25) is 4.79 Å². The summed E-state index contributed by atoms with van der Waals surface area (Å²) in [6.07, 6.45) is 1.40. The van der Waals surface area contributed by atoms with Crippen molar-refractivity contribution in [2.24, 2.45) is 0 Å². The Bertz CT molecular complexity index is 938. The molecule has 2 aromatic heterocycles. The second-order valence-electron chi connectivity index (χ2n) is 5.93. The number of carbonyl (C=O) groups excluding carboxylic acids is 2. The summed E-state index contributed by atoms with van der Waals surface area (Å²) in [5.74, 6) is -0.0993. The van der Waals surface area contributed by atoms with Gasteiger partial charge in [-0.1, -0.05) is 17.7 Å². The molecule has 0 unspecified atom stereocenters. The standard InChI is InChI=1S/C19H19N3O4/c1-12-4-6-15(7-5-12)22-17(10-13(2)21-22)20-18(23)11-26-19(24)16-8-9-25-14(16)3/h4-10H,11H2,1-3H3,(H,20,23). The molecule has 134 valence electrons. The first-order valence-corrected chi connectivity index (χ1v) is 8.09. The number of amides is 1. The first kappa shape index (κ1) is 17.5. The normalized spacial score (nSPS) is 10.6. The Labute approximate surface area is 150 Å². The van der Waals surface area contributed by atoms with E-state index in [4.69, 9.17) is 9.15 Å². The third kappa shape index (κ3) is 3.83. The molecule has 2 heterocycles. The number of aromatic nitrogens is 2. The smallest absolute Gasteiger partial charge is 0.342 e. The second-order valence-corrected chi connectivity index (χ2v) is 5.93. The van der Waals surface area contributed by atoms with Gasteiger partial charge in [0.25, 0.3) is 5.91 Å². The van der Waals surface area contributed by atoms with Crippen LogP contribution in [0, 0.1) is 20.8 Å². The molecule has 3 aromatic rings. The third-order valence-electron chi connectivity index (χ3n) is 3.79. The van der Waals surface area contributed by atoms with Crippen LogP contribution in [0.3, 0.4) is 0 Å². The summed E-state index contributed by atoms with van der Waals surface area (Å²) in [7, 11) is 0. The molecule has 0 atom stereocenters. The number of furan rings is 1. The molecule has 1 N–H and O–H groups in total. The molecular formula is C19H19N3O4. The maximum atomic E-state index is 12.2. The number of esters is 1. The molecule has 0 radical (unpaired) electrons. The number of ether oxygens (including phenoxy) is 1. The molecule has 0 bridgehead atoms. The van der Waals surface area contributed by atoms with Gasteiger partial charge in [0.1, 0.15) is 17.1 Å². The zero-order chi connectivity index (χ0) is 18.7. The molecule has 0 aliphatic carbocycles. The lowest BCUT2D eigenvalue weighted by Crippen LogP contribution is -2.22. The fourth-order valence-corrected chi connectivity index (χ4v) is 2.46. The minimum atomic E-state index is -0.602. The van der Waals surface area contributed by atoms with Crippen LogP contribution in [0.1, 0.15) is 27.4 Å². The molecule has 0 saturated carbocycles. The largest absolute Gasteiger partial charge is 0.469 e. The molecule has 0 saturated heterocycles. The van der Waals surface area contributed by atoms with Gasteiger partial charge in [0.15, 0.2) is 6.61 Å². The van der Waals surface area contributed by atoms with E-state index in [1.54, 1.807) is 17.7 Å². The average molecular weight is 353 g/mol. The van der Waals surface area contributed by atoms with E-state index >= 15 is 0 Å². The monoisotopic (exact) mass is 353 g/mol. The Hall–Kier alpha value is -3.35. The van der Waals surface area contributed by atoms with Gasteiger partial charge >= 0.3 is 5.97 Å². The van der Waals surface area contributed by atoms with Gasteiger partial charge < -0.3 is 14.5 Å². The van der Waals surface area contributed by atoms with Crippen LogP contribution in [0.15, 0.2) is 47.1 Å². The molecule has 0 aliphatic rings. The van der Waals surface area contributed by atoms with Crippen molar-refractivity contribution in [2.45, 2.75) is 20.8 Å². The van der Waals surface area contributed by atoms with Crippen LogP contribution in [0.2, 0.25) is 0 Å². The van der Waals surface area contributed by atoms with Crippen molar-refractivity contribution in [2.75, 3.05) is 11.9 Å². The summed E-state index contributed by atoms with van der Waals surface area (Å²) < 4.78 is 11.7. The number of hydrogen-bond donors (Lipinski definition) is 1. The number of hydrogen-bond acceptors (Lipinski definition) is 5. The van der Waals surface area contributed by atoms with Crippen LogP contribution in [0.5, 0.6) is 0 Å². The van der Waals surface area contributed by atoms with Crippen molar-refractivity contribution in [1.82, 2.24) is 9.78 Å². The van der Waals surface area contributed by atoms with Gasteiger partial charge in [0, 0.05) is 6.07 Å². The highest BCUT2D eigenvalue weighted by atomic mass is 16.5. The van der Waals surface area contributed by atoms with Crippen molar-refractivity contribution in [1.29, 1.82) is 0 Å². The van der Waals surface area contributed by atoms with E-state index < -0.39 is 18.5 Å². The predicted molar refractivity (Wildman–Crippen MR) is 95.4 cm³/mol. The quantitative estimate of drug-likeness (QED) is 0.712. The van der Waals surface area contributed by atoms with Crippen molar-refractivity contribution in [3.8, 4) is 5.69 Å². The van der Waals surface area contributed by atoms with Gasteiger partial charge in [-0.15, -0.1) is 0 Å². The van der Waals surface area contributed by atoms with E-state index in [0.717, 1.165) is 16.9 Å². The van der Waals surface area contributed by atoms with E-state index in [9.17, 15) is 9.59 Å². The molecule has 7 heteroatoms. The number of nitrogens with one attached hydrogen (secondary N) is 1. The van der Waals surface area contributed by atoms with E-state index in [1.807, 2.05) is 38.1 Å². The van der Waals surface area contributed by atoms with E-state index in [2.05, 4.69) is 10.4 Å². The zero-order valence-electron chi connectivity index (χ0n) is 14.8. The third-order valence-corrected chi connectivity index (χ3v) is 3.79. The Balaban J connectivity index is 1.67. The lowest BCUT2D eigenvalue weighted by molar-refractivity contribution is -0.119. The van der Waals surface area contributed by atoms with Crippen LogP contribution in [-0.4, -0.2) is 28.3 Å². The summed E-state index contributed by atoms with van der Waals surface area (Å²) in [6, 6.07) is 11.0. The Morgan fingerprint density at radius 2 is 1.88 bits per heavy atom. The van der Waals surface area contributed by atoms with Crippen LogP contribution in [-0.2, 0) is 9.53 Å². The highest BCUT2D eigenvalue weighted by molar-refractivity contribution is 5.95. The van der Waals surface area contributed by atoms with E-state index in [-0.39, 0.29) is 0 Å². The fraction of sp³-hybridized carbons (Fsp3) is 0.211. The summed E-state index contributed by atoms with van der Waals surface area (Å²) >= 11 is 0. The molecule has 1 amide bonds. The zero-order valence-corrected chi connectivity index (χ0v) is 14.8. The van der Waals surface area contributed by atoms with Crippen molar-refractivity contribution >= 4 is 17.7 Å². The Morgan fingerprint density at radius 1 is 1.15 bits per heavy atom. The average Bonchev–Trinajstić information content (AvgIpc) is 3.19. The number of nitrogens with zero attached hydrogens (tertiary/aromatic N) is 2. The van der Waals surface area contributed by atoms with Crippen LogP contribution < -0.4 is 5.32 Å². The maximum Gasteiger partial charge on any atom is 0.342 e. The van der Waals surface area contributed by atoms with Gasteiger partial charge in [-0.05, 0) is 39.0 Å². The van der Waals surface area contributed by atoms with Crippen LogP contribution in [0.25, 0.3) is 5.69 Å². The molecule has 0 fully saturated rings. The topological polar surface area (TPSA) is 86.4 Å². The molecule has 0 aliphatic heterocycles. The lowest BCUT2D eigenvalue weighted by Gasteiger charge is -2.09.